The van der Waals surface area contributed by atoms with Gasteiger partial charge in [0.25, 0.3) is 0 Å². The summed E-state index contributed by atoms with van der Waals surface area (Å²) in [4.78, 5) is 11.6. The van der Waals surface area contributed by atoms with Crippen LogP contribution in [0.15, 0.2) is 24.3 Å². The van der Waals surface area contributed by atoms with Crippen LogP contribution in [0.5, 0.6) is 5.75 Å². The Balaban J connectivity index is 2.10. The molecule has 4 nitrogen and oxygen atoms in total. The molecule has 1 unspecified atom stereocenters. The first kappa shape index (κ1) is 12.9. The van der Waals surface area contributed by atoms with Crippen molar-refractivity contribution < 1.29 is 14.3 Å². The minimum atomic E-state index is -0.350. The lowest BCUT2D eigenvalue weighted by Crippen LogP contribution is -2.20. The van der Waals surface area contributed by atoms with Gasteiger partial charge in [0.05, 0.1) is 13.2 Å². The standard InChI is InChI=1S/C14H19NO3/c1-17-14(16)12-6-2-3-7-13(12)18-11-5-4-9-15-10-8-11/h2-3,6-7,11,15H,4-5,8-10H2,1H3. The van der Waals surface area contributed by atoms with Gasteiger partial charge in [-0.2, -0.15) is 0 Å². The predicted molar refractivity (Wildman–Crippen MR) is 68.9 cm³/mol. The average Bonchev–Trinajstić information content (AvgIpc) is 2.67. The summed E-state index contributed by atoms with van der Waals surface area (Å²) in [7, 11) is 1.38. The summed E-state index contributed by atoms with van der Waals surface area (Å²) in [5.74, 6) is 0.272. The van der Waals surface area contributed by atoms with Crippen molar-refractivity contribution in [1.29, 1.82) is 0 Å². The van der Waals surface area contributed by atoms with Crippen LogP contribution in [0.1, 0.15) is 29.6 Å². The highest BCUT2D eigenvalue weighted by molar-refractivity contribution is 5.92. The van der Waals surface area contributed by atoms with Gasteiger partial charge in [0.2, 0.25) is 0 Å². The van der Waals surface area contributed by atoms with Gasteiger partial charge in [0.15, 0.2) is 0 Å². The molecule has 1 aliphatic rings. The Morgan fingerprint density at radius 2 is 2.11 bits per heavy atom. The van der Waals surface area contributed by atoms with E-state index in [4.69, 9.17) is 9.47 Å². The highest BCUT2D eigenvalue weighted by Gasteiger charge is 2.17. The minimum Gasteiger partial charge on any atom is -0.489 e. The van der Waals surface area contributed by atoms with Gasteiger partial charge in [0, 0.05) is 0 Å². The second kappa shape index (κ2) is 6.40. The monoisotopic (exact) mass is 249 g/mol. The third-order valence-corrected chi connectivity index (χ3v) is 3.11. The Hall–Kier alpha value is -1.55. The first-order chi connectivity index (χ1) is 8.81. The Morgan fingerprint density at radius 1 is 1.28 bits per heavy atom. The van der Waals surface area contributed by atoms with Crippen molar-refractivity contribution in [2.24, 2.45) is 0 Å². The summed E-state index contributed by atoms with van der Waals surface area (Å²) < 4.78 is 10.7. The van der Waals surface area contributed by atoms with E-state index in [1.54, 1.807) is 6.07 Å². The van der Waals surface area contributed by atoms with E-state index >= 15 is 0 Å². The summed E-state index contributed by atoms with van der Waals surface area (Å²) in [6.07, 6.45) is 3.26. The molecule has 0 amide bonds. The number of para-hydroxylation sites is 1. The van der Waals surface area contributed by atoms with Crippen molar-refractivity contribution in [2.75, 3.05) is 20.2 Å². The molecular formula is C14H19NO3. The molecule has 1 aromatic carbocycles. The van der Waals surface area contributed by atoms with Crippen LogP contribution in [0, 0.1) is 0 Å². The third kappa shape index (κ3) is 3.23. The molecule has 0 radical (unpaired) electrons. The van der Waals surface area contributed by atoms with Crippen LogP contribution < -0.4 is 10.1 Å². The van der Waals surface area contributed by atoms with Crippen molar-refractivity contribution in [2.45, 2.75) is 25.4 Å². The zero-order valence-corrected chi connectivity index (χ0v) is 10.6. The lowest BCUT2D eigenvalue weighted by atomic mass is 10.1. The first-order valence-electron chi connectivity index (χ1n) is 6.36. The summed E-state index contributed by atoms with van der Waals surface area (Å²) in [5.41, 5.74) is 0.497. The van der Waals surface area contributed by atoms with E-state index in [0.717, 1.165) is 32.4 Å². The Bertz CT molecular complexity index is 398. The number of esters is 1. The number of hydrogen-bond donors (Lipinski definition) is 1. The zero-order chi connectivity index (χ0) is 12.8. The number of benzene rings is 1. The number of rotatable bonds is 3. The topological polar surface area (TPSA) is 47.6 Å². The number of carbonyl (C=O) groups is 1. The Morgan fingerprint density at radius 3 is 2.94 bits per heavy atom. The molecule has 1 saturated heterocycles. The van der Waals surface area contributed by atoms with E-state index in [2.05, 4.69) is 5.32 Å². The first-order valence-corrected chi connectivity index (χ1v) is 6.36. The summed E-state index contributed by atoms with van der Waals surface area (Å²) in [6.45, 7) is 2.00. The van der Waals surface area contributed by atoms with Gasteiger partial charge in [-0.3, -0.25) is 0 Å². The Kier molecular flexibility index (Phi) is 4.59. The molecule has 4 heteroatoms. The molecule has 0 spiro atoms. The maximum absolute atomic E-state index is 11.6. The number of carbonyl (C=O) groups excluding carboxylic acids is 1. The van der Waals surface area contributed by atoms with Crippen molar-refractivity contribution in [3.8, 4) is 5.75 Å². The summed E-state index contributed by atoms with van der Waals surface area (Å²) in [6, 6.07) is 7.24. The van der Waals surface area contributed by atoms with E-state index in [0.29, 0.717) is 11.3 Å². The highest BCUT2D eigenvalue weighted by atomic mass is 16.5. The smallest absolute Gasteiger partial charge is 0.341 e. The molecule has 1 aromatic rings. The molecule has 1 atom stereocenters. The number of hydrogen-bond acceptors (Lipinski definition) is 4. The van der Waals surface area contributed by atoms with Gasteiger partial charge in [-0.05, 0) is 44.5 Å². The fraction of sp³-hybridized carbons (Fsp3) is 0.500. The van der Waals surface area contributed by atoms with Gasteiger partial charge in [-0.25, -0.2) is 4.79 Å². The molecule has 1 fully saturated rings. The van der Waals surface area contributed by atoms with Gasteiger partial charge in [-0.1, -0.05) is 12.1 Å². The van der Waals surface area contributed by atoms with Crippen molar-refractivity contribution >= 4 is 5.97 Å². The van der Waals surface area contributed by atoms with Gasteiger partial charge >= 0.3 is 5.97 Å². The Labute approximate surface area is 107 Å². The number of ether oxygens (including phenoxy) is 2. The summed E-state index contributed by atoms with van der Waals surface area (Å²) >= 11 is 0. The van der Waals surface area contributed by atoms with Crippen LogP contribution in [0.3, 0.4) is 0 Å². The van der Waals surface area contributed by atoms with Gasteiger partial charge in [0.1, 0.15) is 11.3 Å². The minimum absolute atomic E-state index is 0.172. The number of methoxy groups -OCH3 is 1. The molecule has 1 heterocycles. The van der Waals surface area contributed by atoms with Gasteiger partial charge in [-0.15, -0.1) is 0 Å². The fourth-order valence-electron chi connectivity index (χ4n) is 2.13. The van der Waals surface area contributed by atoms with E-state index in [-0.39, 0.29) is 12.1 Å². The largest absolute Gasteiger partial charge is 0.489 e. The van der Waals surface area contributed by atoms with E-state index in [1.165, 1.54) is 7.11 Å². The zero-order valence-electron chi connectivity index (χ0n) is 10.6. The molecule has 98 valence electrons. The van der Waals surface area contributed by atoms with Crippen molar-refractivity contribution in [3.63, 3.8) is 0 Å². The molecule has 1 N–H and O–H groups in total. The highest BCUT2D eigenvalue weighted by Crippen LogP contribution is 2.22. The lowest BCUT2D eigenvalue weighted by molar-refractivity contribution is 0.0592. The van der Waals surface area contributed by atoms with E-state index < -0.39 is 0 Å². The SMILES string of the molecule is COC(=O)c1ccccc1OC1CCCNCC1. The normalized spacial score (nSPS) is 19.9. The van der Waals surface area contributed by atoms with Crippen LogP contribution in [-0.4, -0.2) is 32.3 Å². The van der Waals surface area contributed by atoms with Crippen LogP contribution in [-0.2, 0) is 4.74 Å². The van der Waals surface area contributed by atoms with Crippen LogP contribution >= 0.6 is 0 Å². The van der Waals surface area contributed by atoms with E-state index in [1.807, 2.05) is 18.2 Å². The molecular weight excluding hydrogens is 230 g/mol. The van der Waals surface area contributed by atoms with Crippen LogP contribution in [0.2, 0.25) is 0 Å². The maximum Gasteiger partial charge on any atom is 0.341 e. The summed E-state index contributed by atoms with van der Waals surface area (Å²) in [5, 5.41) is 3.34. The van der Waals surface area contributed by atoms with Gasteiger partial charge < -0.3 is 14.8 Å². The quantitative estimate of drug-likeness (QED) is 0.832. The predicted octanol–water partition coefficient (Wildman–Crippen LogP) is 1.99. The fourth-order valence-corrected chi connectivity index (χ4v) is 2.13. The molecule has 1 aliphatic heterocycles. The van der Waals surface area contributed by atoms with Crippen LogP contribution in [0.4, 0.5) is 0 Å². The molecule has 0 aromatic heterocycles. The second-order valence-electron chi connectivity index (χ2n) is 4.41. The van der Waals surface area contributed by atoms with Crippen LogP contribution in [0.25, 0.3) is 0 Å². The maximum atomic E-state index is 11.6. The molecule has 0 saturated carbocycles. The van der Waals surface area contributed by atoms with E-state index in [9.17, 15) is 4.79 Å². The number of nitrogens with one attached hydrogen (secondary N) is 1. The lowest BCUT2D eigenvalue weighted by Gasteiger charge is -2.18. The molecule has 2 rings (SSSR count). The van der Waals surface area contributed by atoms with Crippen molar-refractivity contribution in [1.82, 2.24) is 5.32 Å². The van der Waals surface area contributed by atoms with Crippen molar-refractivity contribution in [3.05, 3.63) is 29.8 Å². The second-order valence-corrected chi connectivity index (χ2v) is 4.41. The molecule has 0 bridgehead atoms. The molecule has 0 aliphatic carbocycles. The average molecular weight is 249 g/mol. The molecule has 18 heavy (non-hydrogen) atoms. The third-order valence-electron chi connectivity index (χ3n) is 3.11.